The van der Waals surface area contributed by atoms with Gasteiger partial charge in [-0.15, -0.1) is 5.10 Å². The maximum absolute atomic E-state index is 12.7. The molecular weight excluding hydrogens is 354 g/mol. The molecule has 0 N–H and O–H groups in total. The van der Waals surface area contributed by atoms with Gasteiger partial charge in [0.05, 0.1) is 18.4 Å². The molecule has 0 unspecified atom stereocenters. The van der Waals surface area contributed by atoms with Gasteiger partial charge in [-0.05, 0) is 40.3 Å². The number of hydrogen-bond acceptors (Lipinski definition) is 5. The standard InChI is InChI=1S/C20H19N7O/c1-25(12-17-11-22-26(14-17)13-16-5-3-2-4-6-16)20(28)18-7-9-19(10-8-18)27-15-21-23-24-27/h2-11,14-15H,12-13H2,1H3. The number of carbonyl (C=O) groups excluding carboxylic acids is 1. The molecule has 0 fully saturated rings. The second-order valence-electron chi connectivity index (χ2n) is 6.49. The van der Waals surface area contributed by atoms with Crippen molar-refractivity contribution in [2.75, 3.05) is 7.05 Å². The molecule has 0 saturated heterocycles. The summed E-state index contributed by atoms with van der Waals surface area (Å²) in [5.41, 5.74) is 3.57. The minimum absolute atomic E-state index is 0.0564. The van der Waals surface area contributed by atoms with Crippen LogP contribution in [0.15, 0.2) is 73.3 Å². The lowest BCUT2D eigenvalue weighted by molar-refractivity contribution is 0.0785. The van der Waals surface area contributed by atoms with E-state index in [1.807, 2.05) is 41.2 Å². The van der Waals surface area contributed by atoms with Crippen LogP contribution >= 0.6 is 0 Å². The zero-order valence-corrected chi connectivity index (χ0v) is 15.4. The Bertz CT molecular complexity index is 1040. The molecule has 8 heteroatoms. The van der Waals surface area contributed by atoms with E-state index in [0.29, 0.717) is 18.7 Å². The monoisotopic (exact) mass is 373 g/mol. The van der Waals surface area contributed by atoms with Gasteiger partial charge in [-0.25, -0.2) is 4.68 Å². The molecule has 1 amide bonds. The van der Waals surface area contributed by atoms with Crippen molar-refractivity contribution < 1.29 is 4.79 Å². The van der Waals surface area contributed by atoms with Crippen LogP contribution in [-0.4, -0.2) is 47.8 Å². The SMILES string of the molecule is CN(Cc1cnn(Cc2ccccc2)c1)C(=O)c1ccc(-n2cnnn2)cc1. The molecule has 2 heterocycles. The van der Waals surface area contributed by atoms with Gasteiger partial charge >= 0.3 is 0 Å². The summed E-state index contributed by atoms with van der Waals surface area (Å²) < 4.78 is 3.42. The van der Waals surface area contributed by atoms with E-state index in [2.05, 4.69) is 32.8 Å². The molecule has 0 bridgehead atoms. The second kappa shape index (κ2) is 7.83. The highest BCUT2D eigenvalue weighted by Crippen LogP contribution is 2.12. The highest BCUT2D eigenvalue weighted by molar-refractivity contribution is 5.94. The predicted octanol–water partition coefficient (Wildman–Crippen LogP) is 2.18. The van der Waals surface area contributed by atoms with Crippen LogP contribution in [0.4, 0.5) is 0 Å². The molecule has 0 radical (unpaired) electrons. The Hall–Kier alpha value is -3.81. The highest BCUT2D eigenvalue weighted by atomic mass is 16.2. The van der Waals surface area contributed by atoms with Crippen LogP contribution in [0.25, 0.3) is 5.69 Å². The zero-order chi connectivity index (χ0) is 19.3. The quantitative estimate of drug-likeness (QED) is 0.517. The van der Waals surface area contributed by atoms with Crippen molar-refractivity contribution in [1.29, 1.82) is 0 Å². The van der Waals surface area contributed by atoms with Crippen molar-refractivity contribution in [2.45, 2.75) is 13.1 Å². The molecule has 0 aliphatic rings. The topological polar surface area (TPSA) is 81.7 Å². The van der Waals surface area contributed by atoms with Crippen molar-refractivity contribution in [2.24, 2.45) is 0 Å². The molecule has 8 nitrogen and oxygen atoms in total. The molecular formula is C20H19N7O. The number of hydrogen-bond donors (Lipinski definition) is 0. The fourth-order valence-corrected chi connectivity index (χ4v) is 2.95. The number of benzene rings is 2. The molecule has 0 aliphatic carbocycles. The average Bonchev–Trinajstić information content (AvgIpc) is 3.41. The number of carbonyl (C=O) groups is 1. The third-order valence-electron chi connectivity index (χ3n) is 4.37. The number of aromatic nitrogens is 6. The average molecular weight is 373 g/mol. The van der Waals surface area contributed by atoms with Gasteiger partial charge in [0.15, 0.2) is 0 Å². The van der Waals surface area contributed by atoms with E-state index in [4.69, 9.17) is 0 Å². The summed E-state index contributed by atoms with van der Waals surface area (Å²) in [7, 11) is 1.78. The van der Waals surface area contributed by atoms with E-state index < -0.39 is 0 Å². The van der Waals surface area contributed by atoms with E-state index in [9.17, 15) is 4.79 Å². The first kappa shape index (κ1) is 17.6. The summed E-state index contributed by atoms with van der Waals surface area (Å²) >= 11 is 0. The van der Waals surface area contributed by atoms with Gasteiger partial charge in [-0.3, -0.25) is 9.48 Å². The molecule has 0 atom stereocenters. The largest absolute Gasteiger partial charge is 0.337 e. The zero-order valence-electron chi connectivity index (χ0n) is 15.4. The number of tetrazole rings is 1. The Labute approximate surface area is 162 Å². The normalized spacial score (nSPS) is 10.8. The van der Waals surface area contributed by atoms with Crippen molar-refractivity contribution >= 4 is 5.91 Å². The van der Waals surface area contributed by atoms with Crippen LogP contribution in [0.3, 0.4) is 0 Å². The Morgan fingerprint density at radius 1 is 1.04 bits per heavy atom. The molecule has 28 heavy (non-hydrogen) atoms. The van der Waals surface area contributed by atoms with E-state index in [1.165, 1.54) is 11.9 Å². The lowest BCUT2D eigenvalue weighted by atomic mass is 10.1. The van der Waals surface area contributed by atoms with Crippen LogP contribution in [0.2, 0.25) is 0 Å². The maximum Gasteiger partial charge on any atom is 0.253 e. The number of amides is 1. The maximum atomic E-state index is 12.7. The first-order chi connectivity index (χ1) is 13.7. The van der Waals surface area contributed by atoms with Crippen molar-refractivity contribution in [3.8, 4) is 5.69 Å². The molecule has 0 spiro atoms. The van der Waals surface area contributed by atoms with Gasteiger partial charge in [-0.1, -0.05) is 30.3 Å². The third-order valence-corrected chi connectivity index (χ3v) is 4.37. The van der Waals surface area contributed by atoms with E-state index in [-0.39, 0.29) is 5.91 Å². The molecule has 4 aromatic rings. The summed E-state index contributed by atoms with van der Waals surface area (Å²) in [4.78, 5) is 14.4. The van der Waals surface area contributed by atoms with Gasteiger partial charge < -0.3 is 4.90 Å². The molecule has 2 aromatic heterocycles. The molecule has 4 rings (SSSR count). The lowest BCUT2D eigenvalue weighted by Gasteiger charge is -2.16. The second-order valence-corrected chi connectivity index (χ2v) is 6.49. The van der Waals surface area contributed by atoms with Crippen LogP contribution in [0.1, 0.15) is 21.5 Å². The van der Waals surface area contributed by atoms with Crippen LogP contribution < -0.4 is 0 Å². The first-order valence-electron chi connectivity index (χ1n) is 8.83. The van der Waals surface area contributed by atoms with E-state index in [0.717, 1.165) is 11.3 Å². The Balaban J connectivity index is 1.39. The van der Waals surface area contributed by atoms with Crippen molar-refractivity contribution in [1.82, 2.24) is 34.9 Å². The van der Waals surface area contributed by atoms with Crippen molar-refractivity contribution in [3.63, 3.8) is 0 Å². The summed E-state index contributed by atoms with van der Waals surface area (Å²) in [5, 5.41) is 15.4. The third kappa shape index (κ3) is 3.96. The van der Waals surface area contributed by atoms with Gasteiger partial charge in [0.25, 0.3) is 5.91 Å². The van der Waals surface area contributed by atoms with Gasteiger partial charge in [0, 0.05) is 30.9 Å². The molecule has 0 saturated carbocycles. The smallest absolute Gasteiger partial charge is 0.253 e. The predicted molar refractivity (Wildman–Crippen MR) is 103 cm³/mol. The number of rotatable bonds is 6. The molecule has 140 valence electrons. The first-order valence-corrected chi connectivity index (χ1v) is 8.83. The summed E-state index contributed by atoms with van der Waals surface area (Å²) in [6.45, 7) is 1.19. The fraction of sp³-hybridized carbons (Fsp3) is 0.150. The Kier molecular flexibility index (Phi) is 4.92. The van der Waals surface area contributed by atoms with Crippen molar-refractivity contribution in [3.05, 3.63) is 90.0 Å². The fourth-order valence-electron chi connectivity index (χ4n) is 2.95. The Morgan fingerprint density at radius 3 is 2.54 bits per heavy atom. The Morgan fingerprint density at radius 2 is 1.82 bits per heavy atom. The van der Waals surface area contributed by atoms with Crippen LogP contribution in [0.5, 0.6) is 0 Å². The summed E-state index contributed by atoms with van der Waals surface area (Å²) in [5.74, 6) is -0.0564. The minimum Gasteiger partial charge on any atom is -0.337 e. The van der Waals surface area contributed by atoms with Crippen LogP contribution in [0, 0.1) is 0 Å². The molecule has 2 aromatic carbocycles. The van der Waals surface area contributed by atoms with E-state index >= 15 is 0 Å². The molecule has 0 aliphatic heterocycles. The summed E-state index contributed by atoms with van der Waals surface area (Å²) in [6, 6.07) is 17.3. The number of nitrogens with zero attached hydrogens (tertiary/aromatic N) is 7. The van der Waals surface area contributed by atoms with Gasteiger partial charge in [0.1, 0.15) is 6.33 Å². The van der Waals surface area contributed by atoms with E-state index in [1.54, 1.807) is 35.0 Å². The van der Waals surface area contributed by atoms with Gasteiger partial charge in [0.2, 0.25) is 0 Å². The lowest BCUT2D eigenvalue weighted by Crippen LogP contribution is -2.26. The van der Waals surface area contributed by atoms with Crippen LogP contribution in [-0.2, 0) is 13.1 Å². The van der Waals surface area contributed by atoms with Gasteiger partial charge in [-0.2, -0.15) is 5.10 Å². The highest BCUT2D eigenvalue weighted by Gasteiger charge is 2.13. The summed E-state index contributed by atoms with van der Waals surface area (Å²) in [6.07, 6.45) is 5.28. The minimum atomic E-state index is -0.0564.